The zero-order valence-corrected chi connectivity index (χ0v) is 17.7. The first-order valence-electron chi connectivity index (χ1n) is 10.8. The number of amides is 3. The summed E-state index contributed by atoms with van der Waals surface area (Å²) in [6.45, 7) is 3.03. The van der Waals surface area contributed by atoms with Crippen molar-refractivity contribution in [3.05, 3.63) is 29.6 Å². The van der Waals surface area contributed by atoms with Crippen LogP contribution in [0.4, 0.5) is 5.82 Å². The molecule has 1 N–H and O–H groups in total. The summed E-state index contributed by atoms with van der Waals surface area (Å²) in [5, 5.41) is 2.73. The van der Waals surface area contributed by atoms with Crippen LogP contribution in [0.15, 0.2) is 18.3 Å². The Balaban J connectivity index is 1.68. The average molecular weight is 412 g/mol. The molecule has 4 rings (SSSR count). The van der Waals surface area contributed by atoms with Crippen molar-refractivity contribution in [1.82, 2.24) is 19.6 Å². The van der Waals surface area contributed by atoms with E-state index in [4.69, 9.17) is 0 Å². The van der Waals surface area contributed by atoms with Gasteiger partial charge in [-0.1, -0.05) is 26.2 Å². The lowest BCUT2D eigenvalue weighted by molar-refractivity contribution is -0.124. The summed E-state index contributed by atoms with van der Waals surface area (Å²) in [7, 11) is 1.81. The highest BCUT2D eigenvalue weighted by Gasteiger charge is 2.29. The minimum Gasteiger partial charge on any atom is -0.353 e. The summed E-state index contributed by atoms with van der Waals surface area (Å²) in [5.41, 5.74) is 2.03. The van der Waals surface area contributed by atoms with E-state index >= 15 is 0 Å². The van der Waals surface area contributed by atoms with Crippen LogP contribution in [0.25, 0.3) is 5.65 Å². The number of hydrogen-bond acceptors (Lipinski definition) is 4. The van der Waals surface area contributed by atoms with Crippen molar-refractivity contribution in [2.45, 2.75) is 45.4 Å². The van der Waals surface area contributed by atoms with Crippen LogP contribution in [0, 0.1) is 5.92 Å². The van der Waals surface area contributed by atoms with Gasteiger partial charge in [0.15, 0.2) is 0 Å². The summed E-state index contributed by atoms with van der Waals surface area (Å²) in [4.78, 5) is 45.8. The number of carbonyl (C=O) groups is 3. The highest BCUT2D eigenvalue weighted by molar-refractivity contribution is 5.98. The van der Waals surface area contributed by atoms with Gasteiger partial charge >= 0.3 is 0 Å². The lowest BCUT2D eigenvalue weighted by Crippen LogP contribution is -2.50. The molecule has 1 saturated heterocycles. The van der Waals surface area contributed by atoms with Gasteiger partial charge in [0.1, 0.15) is 11.5 Å². The molecule has 8 heteroatoms. The summed E-state index contributed by atoms with van der Waals surface area (Å²) in [6.07, 6.45) is 7.69. The second-order valence-electron chi connectivity index (χ2n) is 8.19. The number of carbonyl (C=O) groups excluding carboxylic acids is 3. The molecule has 0 atom stereocenters. The molecule has 160 valence electrons. The number of hydrogen-bond donors (Lipinski definition) is 1. The van der Waals surface area contributed by atoms with E-state index in [0.29, 0.717) is 30.7 Å². The number of anilines is 1. The third-order valence-electron chi connectivity index (χ3n) is 6.17. The molecule has 3 heterocycles. The maximum Gasteiger partial charge on any atom is 0.255 e. The summed E-state index contributed by atoms with van der Waals surface area (Å²) < 4.78 is 1.84. The molecule has 2 aliphatic rings. The van der Waals surface area contributed by atoms with Crippen LogP contribution in [-0.2, 0) is 16.0 Å². The quantitative estimate of drug-likeness (QED) is 0.834. The highest BCUT2D eigenvalue weighted by atomic mass is 16.2. The predicted octanol–water partition coefficient (Wildman–Crippen LogP) is 2.01. The van der Waals surface area contributed by atoms with Gasteiger partial charge < -0.3 is 10.2 Å². The largest absolute Gasteiger partial charge is 0.353 e. The van der Waals surface area contributed by atoms with E-state index in [-0.39, 0.29) is 30.2 Å². The van der Waals surface area contributed by atoms with Gasteiger partial charge in [0.05, 0.1) is 17.8 Å². The number of rotatable bonds is 4. The van der Waals surface area contributed by atoms with Crippen molar-refractivity contribution < 1.29 is 14.4 Å². The number of nitrogens with one attached hydrogen (secondary N) is 1. The van der Waals surface area contributed by atoms with Crippen LogP contribution in [0.1, 0.15) is 55.1 Å². The molecule has 0 radical (unpaired) electrons. The van der Waals surface area contributed by atoms with E-state index in [9.17, 15) is 14.4 Å². The second kappa shape index (κ2) is 8.45. The lowest BCUT2D eigenvalue weighted by atomic mass is 9.88. The molecule has 2 aromatic heterocycles. The number of aryl methyl sites for hydroxylation is 1. The van der Waals surface area contributed by atoms with E-state index in [1.807, 2.05) is 18.4 Å². The first kappa shape index (κ1) is 20.4. The van der Waals surface area contributed by atoms with Crippen LogP contribution >= 0.6 is 0 Å². The fraction of sp³-hybridized carbons (Fsp3) is 0.545. The average Bonchev–Trinajstić information content (AvgIpc) is 3.16. The number of piperazine rings is 1. The van der Waals surface area contributed by atoms with Crippen LogP contribution in [0.2, 0.25) is 0 Å². The molecular weight excluding hydrogens is 382 g/mol. The Bertz CT molecular complexity index is 977. The smallest absolute Gasteiger partial charge is 0.255 e. The van der Waals surface area contributed by atoms with Crippen molar-refractivity contribution in [2.24, 2.45) is 5.92 Å². The Hall–Kier alpha value is -2.90. The van der Waals surface area contributed by atoms with Gasteiger partial charge in [-0.2, -0.15) is 0 Å². The molecular formula is C22H29N5O3. The van der Waals surface area contributed by atoms with Gasteiger partial charge in [0.25, 0.3) is 5.91 Å². The first-order valence-corrected chi connectivity index (χ1v) is 10.8. The maximum atomic E-state index is 13.2. The molecule has 0 aromatic carbocycles. The zero-order valence-electron chi connectivity index (χ0n) is 17.7. The van der Waals surface area contributed by atoms with Crippen molar-refractivity contribution in [3.63, 3.8) is 0 Å². The summed E-state index contributed by atoms with van der Waals surface area (Å²) >= 11 is 0. The summed E-state index contributed by atoms with van der Waals surface area (Å²) in [5.74, 6) is 0.566. The van der Waals surface area contributed by atoms with Crippen molar-refractivity contribution in [3.8, 4) is 0 Å². The Morgan fingerprint density at radius 2 is 2.00 bits per heavy atom. The minimum atomic E-state index is -0.189. The summed E-state index contributed by atoms with van der Waals surface area (Å²) in [6, 6.07) is 3.54. The maximum absolute atomic E-state index is 13.2. The first-order chi connectivity index (χ1) is 14.5. The molecule has 1 saturated carbocycles. The van der Waals surface area contributed by atoms with Crippen molar-refractivity contribution in [1.29, 1.82) is 0 Å². The van der Waals surface area contributed by atoms with Gasteiger partial charge in [-0.15, -0.1) is 0 Å². The van der Waals surface area contributed by atoms with Crippen LogP contribution < -0.4 is 10.2 Å². The highest BCUT2D eigenvalue weighted by Crippen LogP contribution is 2.29. The van der Waals surface area contributed by atoms with E-state index in [2.05, 4.69) is 10.3 Å². The van der Waals surface area contributed by atoms with E-state index in [1.54, 1.807) is 28.1 Å². The molecule has 0 bridgehead atoms. The van der Waals surface area contributed by atoms with Gasteiger partial charge in [-0.05, 0) is 31.4 Å². The molecule has 8 nitrogen and oxygen atoms in total. The molecule has 2 fully saturated rings. The molecule has 30 heavy (non-hydrogen) atoms. The standard InChI is InChI=1S/C22H29N5O3/c1-3-17-20(25(2)21(29)15-7-5-4-6-8-15)27-13-16(9-10-18(27)24-17)22(30)26-12-11-23-19(28)14-26/h9-10,13,15H,3-8,11-12,14H2,1-2H3,(H,23,28). The molecule has 0 unspecified atom stereocenters. The van der Waals surface area contributed by atoms with Crippen molar-refractivity contribution in [2.75, 3.05) is 31.6 Å². The topological polar surface area (TPSA) is 87.0 Å². The predicted molar refractivity (Wildman–Crippen MR) is 113 cm³/mol. The normalized spacial score (nSPS) is 17.8. The Kier molecular flexibility index (Phi) is 5.74. The Labute approximate surface area is 176 Å². The Morgan fingerprint density at radius 1 is 1.23 bits per heavy atom. The molecule has 2 aromatic rings. The van der Waals surface area contributed by atoms with Crippen molar-refractivity contribution >= 4 is 29.2 Å². The van der Waals surface area contributed by atoms with Gasteiger partial charge in [0.2, 0.25) is 11.8 Å². The molecule has 1 aliphatic carbocycles. The molecule has 0 spiro atoms. The third kappa shape index (κ3) is 3.78. The van der Waals surface area contributed by atoms with Gasteiger partial charge in [-0.25, -0.2) is 4.98 Å². The molecule has 1 aliphatic heterocycles. The van der Waals surface area contributed by atoms with E-state index in [1.165, 1.54) is 6.42 Å². The monoisotopic (exact) mass is 411 g/mol. The van der Waals surface area contributed by atoms with E-state index in [0.717, 1.165) is 37.2 Å². The second-order valence-corrected chi connectivity index (χ2v) is 8.19. The Morgan fingerprint density at radius 3 is 2.70 bits per heavy atom. The fourth-order valence-corrected chi connectivity index (χ4v) is 4.52. The van der Waals surface area contributed by atoms with Gasteiger partial charge in [-0.3, -0.25) is 23.7 Å². The van der Waals surface area contributed by atoms with Gasteiger partial charge in [0, 0.05) is 32.3 Å². The number of aromatic nitrogens is 2. The minimum absolute atomic E-state index is 0.0516. The third-order valence-corrected chi connectivity index (χ3v) is 6.17. The number of nitrogens with zero attached hydrogens (tertiary/aromatic N) is 4. The van der Waals surface area contributed by atoms with Crippen LogP contribution in [0.5, 0.6) is 0 Å². The van der Waals surface area contributed by atoms with Crippen LogP contribution in [0.3, 0.4) is 0 Å². The number of pyridine rings is 1. The van der Waals surface area contributed by atoms with Crippen LogP contribution in [-0.4, -0.2) is 58.7 Å². The number of imidazole rings is 1. The fourth-order valence-electron chi connectivity index (χ4n) is 4.52. The SMILES string of the molecule is CCc1nc2ccc(C(=O)N3CCNC(=O)C3)cn2c1N(C)C(=O)C1CCCCC1. The zero-order chi connectivity index (χ0) is 21.3. The number of fused-ring (bicyclic) bond motifs is 1. The lowest BCUT2D eigenvalue weighted by Gasteiger charge is -2.27. The molecule has 3 amide bonds. The van der Waals surface area contributed by atoms with E-state index < -0.39 is 0 Å².